The van der Waals surface area contributed by atoms with E-state index in [1.54, 1.807) is 0 Å². The van der Waals surface area contributed by atoms with Gasteiger partial charge in [-0.1, -0.05) is 25.5 Å². The Hall–Kier alpha value is -1.39. The van der Waals surface area contributed by atoms with Crippen LogP contribution in [-0.2, 0) is 16.0 Å². The average molecular weight is 290 g/mol. The first kappa shape index (κ1) is 16.0. The van der Waals surface area contributed by atoms with Gasteiger partial charge in [-0.2, -0.15) is 0 Å². The minimum absolute atomic E-state index is 0.0943. The van der Waals surface area contributed by atoms with Gasteiger partial charge in [0.05, 0.1) is 6.04 Å². The molecule has 2 rings (SSSR count). The van der Waals surface area contributed by atoms with Crippen molar-refractivity contribution < 1.29 is 9.53 Å². The van der Waals surface area contributed by atoms with Crippen LogP contribution < -0.4 is 11.1 Å². The second-order valence-corrected chi connectivity index (χ2v) is 5.77. The number of aryl methyl sites for hydroxylation is 1. The van der Waals surface area contributed by atoms with E-state index in [-0.39, 0.29) is 11.8 Å². The topological polar surface area (TPSA) is 64.4 Å². The fourth-order valence-electron chi connectivity index (χ4n) is 2.65. The Morgan fingerprint density at radius 3 is 2.62 bits per heavy atom. The summed E-state index contributed by atoms with van der Waals surface area (Å²) in [5, 5.41) is 2.92. The maximum Gasteiger partial charge on any atom is 0.241 e. The summed E-state index contributed by atoms with van der Waals surface area (Å²) in [4.78, 5) is 12.2. The van der Waals surface area contributed by atoms with Crippen molar-refractivity contribution in [3.8, 4) is 0 Å². The first-order chi connectivity index (χ1) is 10.2. The van der Waals surface area contributed by atoms with E-state index in [1.165, 1.54) is 18.4 Å². The van der Waals surface area contributed by atoms with E-state index in [0.717, 1.165) is 24.9 Å². The monoisotopic (exact) mass is 290 g/mol. The van der Waals surface area contributed by atoms with Crippen LogP contribution in [0.5, 0.6) is 0 Å². The van der Waals surface area contributed by atoms with Crippen molar-refractivity contribution in [2.24, 2.45) is 11.7 Å². The number of carbonyl (C=O) groups is 1. The molecule has 1 aromatic carbocycles. The summed E-state index contributed by atoms with van der Waals surface area (Å²) in [6.07, 6.45) is 5.21. The molecule has 4 nitrogen and oxygen atoms in total. The number of hydrogen-bond acceptors (Lipinski definition) is 3. The van der Waals surface area contributed by atoms with Crippen molar-refractivity contribution in [3.05, 3.63) is 29.8 Å². The number of anilines is 1. The maximum atomic E-state index is 12.2. The molecule has 1 aliphatic rings. The van der Waals surface area contributed by atoms with Gasteiger partial charge in [0.25, 0.3) is 0 Å². The van der Waals surface area contributed by atoms with Crippen molar-refractivity contribution in [2.45, 2.75) is 45.1 Å². The summed E-state index contributed by atoms with van der Waals surface area (Å²) in [6, 6.07) is 7.61. The van der Waals surface area contributed by atoms with Crippen LogP contribution in [0, 0.1) is 5.92 Å². The predicted octanol–water partition coefficient (Wildman–Crippen LogP) is 2.72. The second kappa shape index (κ2) is 8.15. The minimum atomic E-state index is -0.450. The number of ether oxygens (including phenoxy) is 1. The number of nitrogens with two attached hydrogens (primary N) is 1. The van der Waals surface area contributed by atoms with Gasteiger partial charge in [0, 0.05) is 18.9 Å². The number of amides is 1. The van der Waals surface area contributed by atoms with Crippen molar-refractivity contribution in [2.75, 3.05) is 18.5 Å². The molecule has 0 bridgehead atoms. The van der Waals surface area contributed by atoms with Crippen LogP contribution in [0.1, 0.15) is 38.2 Å². The molecule has 3 N–H and O–H groups in total. The van der Waals surface area contributed by atoms with E-state index in [2.05, 4.69) is 24.4 Å². The highest BCUT2D eigenvalue weighted by atomic mass is 16.5. The van der Waals surface area contributed by atoms with E-state index in [9.17, 15) is 4.79 Å². The lowest BCUT2D eigenvalue weighted by molar-refractivity contribution is -0.119. The molecule has 21 heavy (non-hydrogen) atoms. The molecule has 1 heterocycles. The normalized spacial score (nSPS) is 17.4. The molecule has 0 saturated carbocycles. The van der Waals surface area contributed by atoms with Gasteiger partial charge in [-0.05, 0) is 49.3 Å². The number of carbonyl (C=O) groups excluding carboxylic acids is 1. The molecule has 116 valence electrons. The third-order valence-corrected chi connectivity index (χ3v) is 4.12. The van der Waals surface area contributed by atoms with Gasteiger partial charge in [-0.15, -0.1) is 0 Å². The molecule has 0 radical (unpaired) electrons. The summed E-state index contributed by atoms with van der Waals surface area (Å²) in [7, 11) is 0. The Labute approximate surface area is 127 Å². The summed E-state index contributed by atoms with van der Waals surface area (Å²) >= 11 is 0. The standard InChI is InChI=1S/C17H26N2O2/c1-2-3-4-13-5-7-15(8-6-13)19-17(20)16(18)14-9-11-21-12-10-14/h5-8,14,16H,2-4,9-12,18H2,1H3,(H,19,20). The molecular weight excluding hydrogens is 264 g/mol. The van der Waals surface area contributed by atoms with Gasteiger partial charge < -0.3 is 15.8 Å². The van der Waals surface area contributed by atoms with Gasteiger partial charge in [0.1, 0.15) is 0 Å². The summed E-state index contributed by atoms with van der Waals surface area (Å²) < 4.78 is 5.31. The Balaban J connectivity index is 1.86. The van der Waals surface area contributed by atoms with Crippen LogP contribution in [0.25, 0.3) is 0 Å². The Morgan fingerprint density at radius 1 is 1.33 bits per heavy atom. The number of unbranched alkanes of at least 4 members (excludes halogenated alkanes) is 1. The minimum Gasteiger partial charge on any atom is -0.381 e. The smallest absolute Gasteiger partial charge is 0.241 e. The van der Waals surface area contributed by atoms with Gasteiger partial charge in [0.15, 0.2) is 0 Å². The Morgan fingerprint density at radius 2 is 2.00 bits per heavy atom. The molecule has 1 saturated heterocycles. The molecule has 1 aliphatic heterocycles. The molecule has 0 spiro atoms. The second-order valence-electron chi connectivity index (χ2n) is 5.77. The summed E-state index contributed by atoms with van der Waals surface area (Å²) in [5.74, 6) is 0.130. The quantitative estimate of drug-likeness (QED) is 0.846. The van der Waals surface area contributed by atoms with Gasteiger partial charge >= 0.3 is 0 Å². The molecule has 1 amide bonds. The molecule has 4 heteroatoms. The first-order valence-electron chi connectivity index (χ1n) is 7.94. The molecule has 1 fully saturated rings. The average Bonchev–Trinajstić information content (AvgIpc) is 2.54. The van der Waals surface area contributed by atoms with Crippen LogP contribution in [0.2, 0.25) is 0 Å². The van der Waals surface area contributed by atoms with E-state index >= 15 is 0 Å². The van der Waals surface area contributed by atoms with Gasteiger partial charge in [0.2, 0.25) is 5.91 Å². The molecular formula is C17H26N2O2. The number of hydrogen-bond donors (Lipinski definition) is 2. The Bertz CT molecular complexity index is 439. The van der Waals surface area contributed by atoms with Gasteiger partial charge in [-0.3, -0.25) is 4.79 Å². The summed E-state index contributed by atoms with van der Waals surface area (Å²) in [6.45, 7) is 3.60. The summed E-state index contributed by atoms with van der Waals surface area (Å²) in [5.41, 5.74) is 8.20. The first-order valence-corrected chi connectivity index (χ1v) is 7.94. The fourth-order valence-corrected chi connectivity index (χ4v) is 2.65. The lowest BCUT2D eigenvalue weighted by Gasteiger charge is -2.26. The highest BCUT2D eigenvalue weighted by Crippen LogP contribution is 2.19. The van der Waals surface area contributed by atoms with Crippen LogP contribution in [0.3, 0.4) is 0 Å². The largest absolute Gasteiger partial charge is 0.381 e. The maximum absolute atomic E-state index is 12.2. The third kappa shape index (κ3) is 4.83. The molecule has 1 aromatic rings. The van der Waals surface area contributed by atoms with Crippen LogP contribution in [-0.4, -0.2) is 25.2 Å². The Kier molecular flexibility index (Phi) is 6.21. The highest BCUT2D eigenvalue weighted by Gasteiger charge is 2.26. The van der Waals surface area contributed by atoms with E-state index < -0.39 is 6.04 Å². The number of nitrogens with one attached hydrogen (secondary N) is 1. The lowest BCUT2D eigenvalue weighted by Crippen LogP contribution is -2.43. The van der Waals surface area contributed by atoms with Crippen molar-refractivity contribution in [1.29, 1.82) is 0 Å². The number of benzene rings is 1. The molecule has 1 unspecified atom stereocenters. The van der Waals surface area contributed by atoms with E-state index in [0.29, 0.717) is 13.2 Å². The van der Waals surface area contributed by atoms with Crippen LogP contribution >= 0.6 is 0 Å². The van der Waals surface area contributed by atoms with Crippen molar-refractivity contribution >= 4 is 11.6 Å². The van der Waals surface area contributed by atoms with E-state index in [1.807, 2.05) is 12.1 Å². The number of rotatable bonds is 6. The molecule has 0 aliphatic carbocycles. The molecule has 0 aromatic heterocycles. The van der Waals surface area contributed by atoms with Crippen molar-refractivity contribution in [3.63, 3.8) is 0 Å². The van der Waals surface area contributed by atoms with Crippen LogP contribution in [0.4, 0.5) is 5.69 Å². The van der Waals surface area contributed by atoms with Gasteiger partial charge in [-0.25, -0.2) is 0 Å². The van der Waals surface area contributed by atoms with Crippen LogP contribution in [0.15, 0.2) is 24.3 Å². The zero-order chi connectivity index (χ0) is 15.1. The third-order valence-electron chi connectivity index (χ3n) is 4.12. The molecule has 1 atom stereocenters. The highest BCUT2D eigenvalue weighted by molar-refractivity contribution is 5.94. The lowest BCUT2D eigenvalue weighted by atomic mass is 9.92. The van der Waals surface area contributed by atoms with E-state index in [4.69, 9.17) is 10.5 Å². The van der Waals surface area contributed by atoms with Crippen molar-refractivity contribution in [1.82, 2.24) is 0 Å². The fraction of sp³-hybridized carbons (Fsp3) is 0.588. The zero-order valence-electron chi connectivity index (χ0n) is 12.8. The predicted molar refractivity (Wildman–Crippen MR) is 85.2 cm³/mol. The SMILES string of the molecule is CCCCc1ccc(NC(=O)C(N)C2CCOCC2)cc1. The zero-order valence-corrected chi connectivity index (χ0v) is 12.8.